The molecule has 0 aromatic carbocycles. The minimum Gasteiger partial charge on any atom is -0.481 e. The van der Waals surface area contributed by atoms with Crippen molar-refractivity contribution in [1.29, 1.82) is 0 Å². The summed E-state index contributed by atoms with van der Waals surface area (Å²) >= 11 is 0. The van der Waals surface area contributed by atoms with Crippen LogP contribution in [0.4, 0.5) is 0 Å². The molecule has 4 rings (SSSR count). The van der Waals surface area contributed by atoms with E-state index in [0.29, 0.717) is 12.1 Å². The molecule has 0 bridgehead atoms. The molecule has 20 heavy (non-hydrogen) atoms. The molecule has 4 heteroatoms. The third-order valence-electron chi connectivity index (χ3n) is 4.11. The zero-order valence-electron chi connectivity index (χ0n) is 10.7. The molecule has 4 aliphatic rings. The van der Waals surface area contributed by atoms with Crippen LogP contribution in [0.3, 0.4) is 0 Å². The summed E-state index contributed by atoms with van der Waals surface area (Å²) in [5, 5.41) is 9.40. The van der Waals surface area contributed by atoms with Crippen molar-refractivity contribution >= 4 is 17.4 Å². The Kier molecular flexibility index (Phi) is 2.13. The van der Waals surface area contributed by atoms with Crippen LogP contribution in [0, 0.1) is 5.92 Å². The summed E-state index contributed by atoms with van der Waals surface area (Å²) in [6.07, 6.45) is 15.9. The van der Waals surface area contributed by atoms with Crippen molar-refractivity contribution in [2.75, 3.05) is 0 Å². The molecule has 2 aliphatic heterocycles. The zero-order valence-corrected chi connectivity index (χ0v) is 10.7. The van der Waals surface area contributed by atoms with E-state index in [9.17, 15) is 9.90 Å². The van der Waals surface area contributed by atoms with E-state index in [1.54, 1.807) is 6.20 Å². The van der Waals surface area contributed by atoms with Crippen molar-refractivity contribution in [3.63, 3.8) is 0 Å². The van der Waals surface area contributed by atoms with Gasteiger partial charge in [-0.1, -0.05) is 24.3 Å². The minimum atomic E-state index is -0.820. The summed E-state index contributed by atoms with van der Waals surface area (Å²) in [6, 6.07) is 0. The molecule has 0 saturated carbocycles. The number of nitrogens with zero attached hydrogens (tertiary/aromatic N) is 2. The van der Waals surface area contributed by atoms with Crippen LogP contribution in [-0.2, 0) is 4.79 Å². The van der Waals surface area contributed by atoms with E-state index in [1.165, 1.54) is 0 Å². The minimum absolute atomic E-state index is 0.497. The number of carboxylic acids is 1. The normalized spacial score (nSPS) is 32.5. The van der Waals surface area contributed by atoms with E-state index < -0.39 is 17.4 Å². The molecule has 0 amide bonds. The third kappa shape index (κ3) is 1.28. The monoisotopic (exact) mass is 264 g/mol. The van der Waals surface area contributed by atoms with Crippen LogP contribution in [0.2, 0.25) is 0 Å². The second-order valence-corrected chi connectivity index (χ2v) is 5.17. The Morgan fingerprint density at radius 1 is 1.30 bits per heavy atom. The van der Waals surface area contributed by atoms with Crippen LogP contribution < -0.4 is 0 Å². The van der Waals surface area contributed by atoms with E-state index in [4.69, 9.17) is 4.99 Å². The number of rotatable bonds is 1. The highest BCUT2D eigenvalue weighted by molar-refractivity contribution is 6.22. The lowest BCUT2D eigenvalue weighted by Gasteiger charge is -2.29. The maximum atomic E-state index is 11.4. The van der Waals surface area contributed by atoms with Crippen LogP contribution in [0.15, 0.2) is 69.9 Å². The van der Waals surface area contributed by atoms with Gasteiger partial charge in [-0.2, -0.15) is 0 Å². The number of carbonyl (C=O) groups is 1. The standard InChI is InChI=1S/C16H12N2O2/c19-15(20)11-5-3-4-10-12-7-9-17-13-6-1-2-8-16(12,13)18-14(10)11/h1-4,6-9,11H,5H2,(H,19,20). The zero-order chi connectivity index (χ0) is 13.7. The first-order chi connectivity index (χ1) is 9.72. The molecule has 1 spiro atoms. The Morgan fingerprint density at radius 2 is 2.20 bits per heavy atom. The summed E-state index contributed by atoms with van der Waals surface area (Å²) in [5.74, 6) is -1.38. The van der Waals surface area contributed by atoms with Crippen molar-refractivity contribution in [2.24, 2.45) is 15.9 Å². The summed E-state index contributed by atoms with van der Waals surface area (Å²) < 4.78 is 0. The van der Waals surface area contributed by atoms with Gasteiger partial charge in [-0.25, -0.2) is 0 Å². The largest absolute Gasteiger partial charge is 0.481 e. The number of carboxylic acid groups (broad SMARTS) is 1. The van der Waals surface area contributed by atoms with Crippen LogP contribution in [0.5, 0.6) is 0 Å². The molecule has 0 aromatic heterocycles. The fraction of sp³-hybridized carbons (Fsp3) is 0.188. The lowest BCUT2D eigenvalue weighted by Crippen LogP contribution is -2.36. The molecule has 2 heterocycles. The lowest BCUT2D eigenvalue weighted by molar-refractivity contribution is -0.139. The maximum Gasteiger partial charge on any atom is 0.312 e. The number of allylic oxidation sites excluding steroid dienone is 5. The second-order valence-electron chi connectivity index (χ2n) is 5.17. The number of aliphatic carboxylic acids is 1. The van der Waals surface area contributed by atoms with Gasteiger partial charge in [0, 0.05) is 17.3 Å². The molecule has 98 valence electrons. The topological polar surface area (TPSA) is 62.0 Å². The van der Waals surface area contributed by atoms with Gasteiger partial charge in [0.15, 0.2) is 0 Å². The Morgan fingerprint density at radius 3 is 3.05 bits per heavy atom. The third-order valence-corrected chi connectivity index (χ3v) is 4.11. The first-order valence-corrected chi connectivity index (χ1v) is 6.57. The molecule has 1 N–H and O–H groups in total. The van der Waals surface area contributed by atoms with Crippen molar-refractivity contribution in [1.82, 2.24) is 0 Å². The number of hydrogen-bond acceptors (Lipinski definition) is 3. The van der Waals surface area contributed by atoms with E-state index in [2.05, 4.69) is 4.99 Å². The van der Waals surface area contributed by atoms with Gasteiger partial charge in [0.2, 0.25) is 0 Å². The summed E-state index contributed by atoms with van der Waals surface area (Å²) in [4.78, 5) is 20.6. The molecule has 0 fully saturated rings. The molecule has 0 saturated heterocycles. The van der Waals surface area contributed by atoms with Crippen LogP contribution >= 0.6 is 0 Å². The van der Waals surface area contributed by atoms with E-state index >= 15 is 0 Å². The van der Waals surface area contributed by atoms with Crippen molar-refractivity contribution < 1.29 is 9.90 Å². The first kappa shape index (κ1) is 11.3. The predicted octanol–water partition coefficient (Wildman–Crippen LogP) is 2.23. The van der Waals surface area contributed by atoms with Crippen molar-refractivity contribution in [3.05, 3.63) is 59.9 Å². The highest BCUT2D eigenvalue weighted by Crippen LogP contribution is 2.43. The van der Waals surface area contributed by atoms with E-state index in [-0.39, 0.29) is 0 Å². The molecule has 0 aromatic rings. The fourth-order valence-corrected chi connectivity index (χ4v) is 3.17. The van der Waals surface area contributed by atoms with Crippen molar-refractivity contribution in [2.45, 2.75) is 12.0 Å². The molecule has 2 aliphatic carbocycles. The SMILES string of the molecule is O=C(O)C1CC=CC2=C3C=CN=C4C=CC=CC43N=C21. The highest BCUT2D eigenvalue weighted by Gasteiger charge is 2.46. The highest BCUT2D eigenvalue weighted by atomic mass is 16.4. The maximum absolute atomic E-state index is 11.4. The van der Waals surface area contributed by atoms with E-state index in [1.807, 2.05) is 42.5 Å². The number of hydrogen-bond donors (Lipinski definition) is 1. The first-order valence-electron chi connectivity index (χ1n) is 6.57. The van der Waals surface area contributed by atoms with Crippen LogP contribution in [-0.4, -0.2) is 28.0 Å². The molecule has 2 unspecified atom stereocenters. The van der Waals surface area contributed by atoms with E-state index in [0.717, 1.165) is 16.9 Å². The van der Waals surface area contributed by atoms with Gasteiger partial charge < -0.3 is 5.11 Å². The second kappa shape index (κ2) is 3.76. The smallest absolute Gasteiger partial charge is 0.312 e. The molecular weight excluding hydrogens is 252 g/mol. The van der Waals surface area contributed by atoms with Gasteiger partial charge >= 0.3 is 5.97 Å². The Balaban J connectivity index is 1.98. The number of aliphatic imine (C=N–C) groups is 2. The Bertz CT molecular complexity index is 732. The summed E-state index contributed by atoms with van der Waals surface area (Å²) in [5.41, 5.74) is 2.88. The molecule has 0 radical (unpaired) electrons. The van der Waals surface area contributed by atoms with Gasteiger partial charge in [-0.3, -0.25) is 14.8 Å². The van der Waals surface area contributed by atoms with Gasteiger partial charge in [-0.05, 0) is 24.6 Å². The lowest BCUT2D eigenvalue weighted by atomic mass is 9.79. The molecular formula is C16H12N2O2. The van der Waals surface area contributed by atoms with Gasteiger partial charge in [0.1, 0.15) is 11.5 Å². The molecule has 2 atom stereocenters. The Hall–Kier alpha value is -2.49. The summed E-state index contributed by atoms with van der Waals surface area (Å²) in [6.45, 7) is 0. The molecule has 4 nitrogen and oxygen atoms in total. The average molecular weight is 264 g/mol. The fourth-order valence-electron chi connectivity index (χ4n) is 3.17. The van der Waals surface area contributed by atoms with Crippen LogP contribution in [0.25, 0.3) is 0 Å². The van der Waals surface area contributed by atoms with Gasteiger partial charge in [0.05, 0.1) is 11.4 Å². The van der Waals surface area contributed by atoms with Crippen molar-refractivity contribution in [3.8, 4) is 0 Å². The summed E-state index contributed by atoms with van der Waals surface area (Å²) in [7, 11) is 0. The van der Waals surface area contributed by atoms with Gasteiger partial charge in [-0.15, -0.1) is 0 Å². The average Bonchev–Trinajstić information content (AvgIpc) is 2.79. The quantitative estimate of drug-likeness (QED) is 0.789. The predicted molar refractivity (Wildman–Crippen MR) is 76.9 cm³/mol. The number of fused-ring (bicyclic) bond motifs is 1. The Labute approximate surface area is 115 Å². The van der Waals surface area contributed by atoms with Crippen LogP contribution in [0.1, 0.15) is 6.42 Å². The van der Waals surface area contributed by atoms with Gasteiger partial charge in [0.25, 0.3) is 0 Å².